The van der Waals surface area contributed by atoms with Gasteiger partial charge in [0, 0.05) is 18.1 Å². The summed E-state index contributed by atoms with van der Waals surface area (Å²) < 4.78 is 2.86. The standard InChI is InChI=1S/C12H16ClN3S/c1-3-15(2)6-7-16-11-8-9(13)4-5-10(11)14-12(16)17/h4-5,8H,3,6-7H2,1-2H3,(H,14,17). The van der Waals surface area contributed by atoms with Crippen LogP contribution in [-0.2, 0) is 6.54 Å². The quantitative estimate of drug-likeness (QED) is 0.861. The molecule has 0 fully saturated rings. The van der Waals surface area contributed by atoms with Crippen LogP contribution in [0.4, 0.5) is 0 Å². The molecule has 0 aliphatic rings. The van der Waals surface area contributed by atoms with Gasteiger partial charge in [-0.25, -0.2) is 0 Å². The van der Waals surface area contributed by atoms with Gasteiger partial charge in [-0.2, -0.15) is 0 Å². The Hall–Kier alpha value is -0.840. The molecule has 0 unspecified atom stereocenters. The number of aromatic amines is 1. The molecule has 17 heavy (non-hydrogen) atoms. The van der Waals surface area contributed by atoms with Crippen molar-refractivity contribution in [1.29, 1.82) is 0 Å². The zero-order chi connectivity index (χ0) is 12.4. The first-order valence-corrected chi connectivity index (χ1v) is 6.47. The predicted molar refractivity (Wildman–Crippen MR) is 75.3 cm³/mol. The second kappa shape index (κ2) is 5.21. The van der Waals surface area contributed by atoms with Gasteiger partial charge in [0.25, 0.3) is 0 Å². The summed E-state index contributed by atoms with van der Waals surface area (Å²) in [4.78, 5) is 5.45. The first-order chi connectivity index (χ1) is 8.11. The van der Waals surface area contributed by atoms with Crippen LogP contribution in [0.5, 0.6) is 0 Å². The number of aromatic nitrogens is 2. The Labute approximate surface area is 111 Å². The summed E-state index contributed by atoms with van der Waals surface area (Å²) in [5, 5.41) is 0.740. The molecule has 1 aromatic carbocycles. The summed E-state index contributed by atoms with van der Waals surface area (Å²) in [6.45, 7) is 5.04. The van der Waals surface area contributed by atoms with Crippen LogP contribution >= 0.6 is 23.8 Å². The minimum atomic E-state index is 0.740. The third kappa shape index (κ3) is 2.70. The molecule has 1 N–H and O–H groups in total. The van der Waals surface area contributed by atoms with E-state index in [9.17, 15) is 0 Å². The summed E-state index contributed by atoms with van der Waals surface area (Å²) in [6, 6.07) is 5.79. The molecule has 0 spiro atoms. The molecule has 2 rings (SSSR count). The van der Waals surface area contributed by atoms with Crippen LogP contribution in [0.2, 0.25) is 5.02 Å². The van der Waals surface area contributed by atoms with E-state index in [0.29, 0.717) is 0 Å². The van der Waals surface area contributed by atoms with E-state index in [1.165, 1.54) is 0 Å². The smallest absolute Gasteiger partial charge is 0.178 e. The minimum Gasteiger partial charge on any atom is -0.331 e. The van der Waals surface area contributed by atoms with Crippen molar-refractivity contribution in [2.45, 2.75) is 13.5 Å². The molecule has 0 amide bonds. The van der Waals surface area contributed by atoms with Gasteiger partial charge in [0.05, 0.1) is 11.0 Å². The number of nitrogens with one attached hydrogen (secondary N) is 1. The zero-order valence-electron chi connectivity index (χ0n) is 10.0. The number of hydrogen-bond acceptors (Lipinski definition) is 2. The number of benzene rings is 1. The maximum absolute atomic E-state index is 6.02. The van der Waals surface area contributed by atoms with E-state index in [1.807, 2.05) is 18.2 Å². The van der Waals surface area contributed by atoms with E-state index < -0.39 is 0 Å². The third-order valence-corrected chi connectivity index (χ3v) is 3.54. The lowest BCUT2D eigenvalue weighted by Gasteiger charge is -2.14. The van der Waals surface area contributed by atoms with Crippen molar-refractivity contribution in [3.8, 4) is 0 Å². The maximum atomic E-state index is 6.02. The molecule has 0 radical (unpaired) electrons. The van der Waals surface area contributed by atoms with E-state index >= 15 is 0 Å². The number of likely N-dealkylation sites (N-methyl/N-ethyl adjacent to an activating group) is 1. The van der Waals surface area contributed by atoms with E-state index in [2.05, 4.69) is 28.4 Å². The number of hydrogen-bond donors (Lipinski definition) is 1. The van der Waals surface area contributed by atoms with Crippen molar-refractivity contribution in [1.82, 2.24) is 14.5 Å². The second-order valence-corrected chi connectivity index (χ2v) is 4.96. The van der Waals surface area contributed by atoms with Crippen molar-refractivity contribution in [2.75, 3.05) is 20.1 Å². The van der Waals surface area contributed by atoms with Gasteiger partial charge in [0.1, 0.15) is 0 Å². The van der Waals surface area contributed by atoms with Crippen molar-refractivity contribution in [3.05, 3.63) is 28.0 Å². The van der Waals surface area contributed by atoms with Crippen LogP contribution in [-0.4, -0.2) is 34.6 Å². The molecule has 0 bridgehead atoms. The van der Waals surface area contributed by atoms with E-state index in [-0.39, 0.29) is 0 Å². The lowest BCUT2D eigenvalue weighted by Crippen LogP contribution is -2.22. The summed E-state index contributed by atoms with van der Waals surface area (Å²) in [7, 11) is 2.10. The maximum Gasteiger partial charge on any atom is 0.178 e. The number of halogens is 1. The average molecular weight is 270 g/mol. The highest BCUT2D eigenvalue weighted by atomic mass is 35.5. The number of imidazole rings is 1. The third-order valence-electron chi connectivity index (χ3n) is 2.98. The van der Waals surface area contributed by atoms with Gasteiger partial charge in [0.2, 0.25) is 0 Å². The molecular formula is C12H16ClN3S. The molecule has 92 valence electrons. The zero-order valence-corrected chi connectivity index (χ0v) is 11.6. The Balaban J connectivity index is 2.35. The Bertz CT molecular complexity index is 573. The van der Waals surface area contributed by atoms with Gasteiger partial charge >= 0.3 is 0 Å². The lowest BCUT2D eigenvalue weighted by atomic mass is 10.3. The van der Waals surface area contributed by atoms with Gasteiger partial charge in [-0.15, -0.1) is 0 Å². The fraction of sp³-hybridized carbons (Fsp3) is 0.417. The summed E-state index contributed by atoms with van der Waals surface area (Å²) in [6.07, 6.45) is 0. The molecule has 0 aliphatic heterocycles. The normalized spacial score (nSPS) is 11.5. The summed E-state index contributed by atoms with van der Waals surface area (Å²) in [5.41, 5.74) is 2.12. The second-order valence-electron chi connectivity index (χ2n) is 4.14. The molecule has 5 heteroatoms. The highest BCUT2D eigenvalue weighted by Gasteiger charge is 2.05. The topological polar surface area (TPSA) is 24.0 Å². The number of H-pyrrole nitrogens is 1. The Morgan fingerprint density at radius 2 is 2.24 bits per heavy atom. The lowest BCUT2D eigenvalue weighted by molar-refractivity contribution is 0.336. The molecule has 0 saturated heterocycles. The number of fused-ring (bicyclic) bond motifs is 1. The van der Waals surface area contributed by atoms with Crippen LogP contribution in [0.3, 0.4) is 0 Å². The van der Waals surface area contributed by atoms with Crippen LogP contribution in [0.15, 0.2) is 18.2 Å². The van der Waals surface area contributed by atoms with Gasteiger partial charge in [-0.05, 0) is 44.0 Å². The fourth-order valence-corrected chi connectivity index (χ4v) is 2.24. The fourth-order valence-electron chi connectivity index (χ4n) is 1.78. The van der Waals surface area contributed by atoms with Crippen LogP contribution in [0.25, 0.3) is 11.0 Å². The molecular weight excluding hydrogens is 254 g/mol. The van der Waals surface area contributed by atoms with Gasteiger partial charge < -0.3 is 14.5 Å². The molecule has 1 aromatic heterocycles. The molecule has 0 atom stereocenters. The predicted octanol–water partition coefficient (Wildman–Crippen LogP) is 3.30. The van der Waals surface area contributed by atoms with Crippen molar-refractivity contribution in [3.63, 3.8) is 0 Å². The van der Waals surface area contributed by atoms with Crippen LogP contribution < -0.4 is 0 Å². The first-order valence-electron chi connectivity index (χ1n) is 5.68. The van der Waals surface area contributed by atoms with Gasteiger partial charge in [-0.1, -0.05) is 18.5 Å². The van der Waals surface area contributed by atoms with E-state index in [0.717, 1.165) is 40.5 Å². The Kier molecular flexibility index (Phi) is 3.86. The molecule has 1 heterocycles. The van der Waals surface area contributed by atoms with Crippen LogP contribution in [0, 0.1) is 4.77 Å². The van der Waals surface area contributed by atoms with Crippen molar-refractivity contribution >= 4 is 34.9 Å². The largest absolute Gasteiger partial charge is 0.331 e. The first kappa shape index (κ1) is 12.6. The van der Waals surface area contributed by atoms with Crippen LogP contribution in [0.1, 0.15) is 6.92 Å². The molecule has 0 saturated carbocycles. The number of rotatable bonds is 4. The van der Waals surface area contributed by atoms with Crippen molar-refractivity contribution in [2.24, 2.45) is 0 Å². The minimum absolute atomic E-state index is 0.740. The highest BCUT2D eigenvalue weighted by Crippen LogP contribution is 2.19. The molecule has 0 aliphatic carbocycles. The Morgan fingerprint density at radius 1 is 1.47 bits per heavy atom. The van der Waals surface area contributed by atoms with Gasteiger partial charge in [-0.3, -0.25) is 0 Å². The van der Waals surface area contributed by atoms with Gasteiger partial charge in [0.15, 0.2) is 4.77 Å². The number of nitrogens with zero attached hydrogens (tertiary/aromatic N) is 2. The SMILES string of the molecule is CCN(C)CCn1c(=S)[nH]c2ccc(Cl)cc21. The Morgan fingerprint density at radius 3 is 2.94 bits per heavy atom. The van der Waals surface area contributed by atoms with Crippen molar-refractivity contribution < 1.29 is 0 Å². The molecule has 3 nitrogen and oxygen atoms in total. The summed E-state index contributed by atoms with van der Waals surface area (Å²) in [5.74, 6) is 0. The van der Waals surface area contributed by atoms with E-state index in [4.69, 9.17) is 23.8 Å². The average Bonchev–Trinajstić information content (AvgIpc) is 2.61. The summed E-state index contributed by atoms with van der Waals surface area (Å²) >= 11 is 11.3. The monoisotopic (exact) mass is 269 g/mol. The molecule has 2 aromatic rings. The highest BCUT2D eigenvalue weighted by molar-refractivity contribution is 7.71. The van der Waals surface area contributed by atoms with E-state index in [1.54, 1.807) is 0 Å².